The lowest BCUT2D eigenvalue weighted by Crippen LogP contribution is -2.21. The van der Waals surface area contributed by atoms with Crippen LogP contribution < -0.4 is 10.1 Å². The Morgan fingerprint density at radius 1 is 1.22 bits per heavy atom. The van der Waals surface area contributed by atoms with E-state index in [1.54, 1.807) is 13.2 Å². The molecule has 1 N–H and O–H groups in total. The molecule has 0 aliphatic rings. The molecule has 9 heteroatoms. The molecule has 1 aromatic carbocycles. The molecule has 0 radical (unpaired) electrons. The van der Waals surface area contributed by atoms with Gasteiger partial charge in [0, 0.05) is 17.1 Å². The van der Waals surface area contributed by atoms with Crippen molar-refractivity contribution in [2.45, 2.75) is 0 Å². The third-order valence-electron chi connectivity index (χ3n) is 3.45. The van der Waals surface area contributed by atoms with Gasteiger partial charge in [-0.3, -0.25) is 10.1 Å². The highest BCUT2D eigenvalue weighted by Gasteiger charge is 2.15. The van der Waals surface area contributed by atoms with E-state index in [0.29, 0.717) is 5.13 Å². The number of nitrogens with zero attached hydrogens (tertiary/aromatic N) is 2. The number of thiazole rings is 1. The van der Waals surface area contributed by atoms with E-state index in [9.17, 15) is 9.59 Å². The van der Waals surface area contributed by atoms with Gasteiger partial charge in [-0.2, -0.15) is 0 Å². The van der Waals surface area contributed by atoms with Gasteiger partial charge in [-0.25, -0.2) is 14.8 Å². The first-order valence-electron chi connectivity index (χ1n) is 7.74. The Hall–Kier alpha value is -2.97. The van der Waals surface area contributed by atoms with Crippen LogP contribution in [0.5, 0.6) is 5.75 Å². The molecule has 27 heavy (non-hydrogen) atoms. The fraction of sp³-hybridized carbons (Fsp3) is 0.111. The van der Waals surface area contributed by atoms with Crippen molar-refractivity contribution in [3.05, 3.63) is 58.7 Å². The predicted molar refractivity (Wildman–Crippen MR) is 102 cm³/mol. The first-order valence-corrected chi connectivity index (χ1v) is 9.00. The topological polar surface area (TPSA) is 90.4 Å². The van der Waals surface area contributed by atoms with Crippen molar-refractivity contribution in [1.29, 1.82) is 0 Å². The Balaban J connectivity index is 1.56. The lowest BCUT2D eigenvalue weighted by Gasteiger charge is -2.05. The summed E-state index contributed by atoms with van der Waals surface area (Å²) in [6, 6.07) is 10.4. The highest BCUT2D eigenvalue weighted by molar-refractivity contribution is 7.14. The van der Waals surface area contributed by atoms with E-state index in [1.807, 2.05) is 29.6 Å². The zero-order valence-corrected chi connectivity index (χ0v) is 15.7. The van der Waals surface area contributed by atoms with Crippen LogP contribution in [0.15, 0.2) is 48.0 Å². The molecule has 0 unspecified atom stereocenters. The fourth-order valence-corrected chi connectivity index (χ4v) is 3.06. The van der Waals surface area contributed by atoms with Crippen molar-refractivity contribution >= 4 is 39.9 Å². The maximum absolute atomic E-state index is 12.0. The summed E-state index contributed by atoms with van der Waals surface area (Å²) in [6.45, 7) is -0.457. The third-order valence-corrected chi connectivity index (χ3v) is 4.51. The van der Waals surface area contributed by atoms with Gasteiger partial charge in [0.15, 0.2) is 11.7 Å². The monoisotopic (exact) mass is 403 g/mol. The standard InChI is InChI=1S/C18H14ClN3O4S/c1-25-12-6-4-11(5-7-12)14-10-27-18(21-14)22-15(23)9-26-17(24)13-3-2-8-20-16(13)19/h2-8,10H,9H2,1H3,(H,21,22,23). The molecule has 3 aromatic rings. The number of carbonyl (C=O) groups is 2. The molecule has 7 nitrogen and oxygen atoms in total. The van der Waals surface area contributed by atoms with Crippen molar-refractivity contribution in [2.24, 2.45) is 0 Å². The van der Waals surface area contributed by atoms with Crippen LogP contribution in [-0.4, -0.2) is 35.6 Å². The highest BCUT2D eigenvalue weighted by atomic mass is 35.5. The van der Waals surface area contributed by atoms with Crippen LogP contribution in [0.2, 0.25) is 5.15 Å². The number of amides is 1. The van der Waals surface area contributed by atoms with Crippen molar-refractivity contribution in [2.75, 3.05) is 19.0 Å². The number of halogens is 1. The number of aromatic nitrogens is 2. The lowest BCUT2D eigenvalue weighted by atomic mass is 10.2. The Kier molecular flexibility index (Phi) is 6.00. The Morgan fingerprint density at radius 3 is 2.70 bits per heavy atom. The van der Waals surface area contributed by atoms with Gasteiger partial charge in [0.05, 0.1) is 18.4 Å². The SMILES string of the molecule is COc1ccc(-c2csc(NC(=O)COC(=O)c3cccnc3Cl)n2)cc1. The summed E-state index contributed by atoms with van der Waals surface area (Å²) >= 11 is 7.09. The summed E-state index contributed by atoms with van der Waals surface area (Å²) in [4.78, 5) is 32.0. The molecule has 0 aliphatic carbocycles. The Labute approximate surface area is 163 Å². The summed E-state index contributed by atoms with van der Waals surface area (Å²) in [7, 11) is 1.60. The van der Waals surface area contributed by atoms with Gasteiger partial charge in [-0.05, 0) is 36.4 Å². The number of rotatable bonds is 6. The molecule has 2 aromatic heterocycles. The van der Waals surface area contributed by atoms with E-state index in [2.05, 4.69) is 15.3 Å². The highest BCUT2D eigenvalue weighted by Crippen LogP contribution is 2.26. The molecule has 138 valence electrons. The third kappa shape index (κ3) is 4.81. The van der Waals surface area contributed by atoms with Crippen LogP contribution in [-0.2, 0) is 9.53 Å². The second kappa shape index (κ2) is 8.61. The van der Waals surface area contributed by atoms with Crippen LogP contribution in [0.4, 0.5) is 5.13 Å². The summed E-state index contributed by atoms with van der Waals surface area (Å²) in [5.41, 5.74) is 1.71. The van der Waals surface area contributed by atoms with Crippen LogP contribution in [0.3, 0.4) is 0 Å². The second-order valence-electron chi connectivity index (χ2n) is 5.23. The maximum Gasteiger partial charge on any atom is 0.341 e. The average molecular weight is 404 g/mol. The molecular weight excluding hydrogens is 390 g/mol. The number of ether oxygens (including phenoxy) is 2. The van der Waals surface area contributed by atoms with Gasteiger partial charge in [0.25, 0.3) is 5.91 Å². The normalized spacial score (nSPS) is 10.3. The number of hydrogen-bond donors (Lipinski definition) is 1. The second-order valence-corrected chi connectivity index (χ2v) is 6.45. The van der Waals surface area contributed by atoms with Crippen molar-refractivity contribution in [1.82, 2.24) is 9.97 Å². The van der Waals surface area contributed by atoms with E-state index >= 15 is 0 Å². The minimum atomic E-state index is -0.721. The summed E-state index contributed by atoms with van der Waals surface area (Å²) < 4.78 is 10.1. The van der Waals surface area contributed by atoms with E-state index in [0.717, 1.165) is 17.0 Å². The van der Waals surface area contributed by atoms with E-state index < -0.39 is 18.5 Å². The number of esters is 1. The molecule has 0 saturated carbocycles. The van der Waals surface area contributed by atoms with Crippen LogP contribution in [0.25, 0.3) is 11.3 Å². The minimum Gasteiger partial charge on any atom is -0.497 e. The molecular formula is C18H14ClN3O4S. The summed E-state index contributed by atoms with van der Waals surface area (Å²) in [5, 5.41) is 4.84. The summed E-state index contributed by atoms with van der Waals surface area (Å²) in [5.74, 6) is -0.474. The van der Waals surface area contributed by atoms with Gasteiger partial charge >= 0.3 is 5.97 Å². The number of pyridine rings is 1. The van der Waals surface area contributed by atoms with Crippen molar-refractivity contribution in [3.8, 4) is 17.0 Å². The smallest absolute Gasteiger partial charge is 0.341 e. The van der Waals surface area contributed by atoms with Gasteiger partial charge in [-0.1, -0.05) is 11.6 Å². The molecule has 0 spiro atoms. The zero-order valence-electron chi connectivity index (χ0n) is 14.1. The first-order chi connectivity index (χ1) is 13.1. The first kappa shape index (κ1) is 18.8. The van der Waals surface area contributed by atoms with E-state index in [-0.39, 0.29) is 10.7 Å². The molecule has 2 heterocycles. The fourth-order valence-electron chi connectivity index (χ4n) is 2.13. The number of methoxy groups -OCH3 is 1. The molecule has 0 fully saturated rings. The van der Waals surface area contributed by atoms with Crippen molar-refractivity contribution in [3.63, 3.8) is 0 Å². The molecule has 3 rings (SSSR count). The van der Waals surface area contributed by atoms with Gasteiger partial charge in [-0.15, -0.1) is 11.3 Å². The quantitative estimate of drug-likeness (QED) is 0.499. The number of carbonyl (C=O) groups excluding carboxylic acids is 2. The number of nitrogens with one attached hydrogen (secondary N) is 1. The molecule has 0 aliphatic heterocycles. The number of hydrogen-bond acceptors (Lipinski definition) is 7. The Morgan fingerprint density at radius 2 is 2.00 bits per heavy atom. The van der Waals surface area contributed by atoms with Crippen LogP contribution in [0.1, 0.15) is 10.4 Å². The molecule has 0 atom stereocenters. The average Bonchev–Trinajstić information content (AvgIpc) is 3.15. The largest absolute Gasteiger partial charge is 0.497 e. The molecule has 0 saturated heterocycles. The molecule has 0 bridgehead atoms. The van der Waals surface area contributed by atoms with Gasteiger partial charge in [0.2, 0.25) is 0 Å². The number of benzene rings is 1. The predicted octanol–water partition coefficient (Wildman–Crippen LogP) is 3.66. The van der Waals surface area contributed by atoms with Gasteiger partial charge in [0.1, 0.15) is 10.9 Å². The molecule has 1 amide bonds. The van der Waals surface area contributed by atoms with Crippen molar-refractivity contribution < 1.29 is 19.1 Å². The minimum absolute atomic E-state index is 0.0203. The van der Waals surface area contributed by atoms with E-state index in [1.165, 1.54) is 23.6 Å². The van der Waals surface area contributed by atoms with Crippen LogP contribution in [0, 0.1) is 0 Å². The number of anilines is 1. The lowest BCUT2D eigenvalue weighted by molar-refractivity contribution is -0.119. The Bertz CT molecular complexity index is 959. The summed E-state index contributed by atoms with van der Waals surface area (Å²) in [6.07, 6.45) is 1.45. The van der Waals surface area contributed by atoms with Gasteiger partial charge < -0.3 is 9.47 Å². The maximum atomic E-state index is 12.0. The zero-order chi connectivity index (χ0) is 19.2. The van der Waals surface area contributed by atoms with E-state index in [4.69, 9.17) is 21.1 Å². The van der Waals surface area contributed by atoms with Crippen LogP contribution >= 0.6 is 22.9 Å².